The molecule has 34 heavy (non-hydrogen) atoms. The summed E-state index contributed by atoms with van der Waals surface area (Å²) in [5.74, 6) is -2.40. The minimum atomic E-state index is -4.14. The molecule has 0 heterocycles. The molecule has 0 aromatic heterocycles. The lowest BCUT2D eigenvalue weighted by molar-refractivity contribution is 0.0976. The largest absolute Gasteiger partial charge is 0.504 e. The van der Waals surface area contributed by atoms with Crippen LogP contribution in [0.5, 0.6) is 11.5 Å². The summed E-state index contributed by atoms with van der Waals surface area (Å²) in [5.41, 5.74) is 0.451. The topological polar surface area (TPSA) is 121 Å². The van der Waals surface area contributed by atoms with E-state index in [1.54, 1.807) is 24.3 Å². The van der Waals surface area contributed by atoms with Gasteiger partial charge in [-0.3, -0.25) is 14.3 Å². The maximum Gasteiger partial charge on any atom is 0.262 e. The molecule has 2 aliphatic carbocycles. The molecule has 0 saturated heterocycles. The summed E-state index contributed by atoms with van der Waals surface area (Å²) in [5, 5.41) is 21.0. The molecule has 3 N–H and O–H groups in total. The van der Waals surface area contributed by atoms with Gasteiger partial charge in [-0.1, -0.05) is 55.7 Å². The molecule has 0 amide bonds. The summed E-state index contributed by atoms with van der Waals surface area (Å²) in [4.78, 5) is 25.8. The quantitative estimate of drug-likeness (QED) is 0.366. The van der Waals surface area contributed by atoms with Gasteiger partial charge in [0, 0.05) is 16.7 Å². The number of carbonyl (C=O) groups is 2. The van der Waals surface area contributed by atoms with Crippen LogP contribution in [0.25, 0.3) is 0 Å². The van der Waals surface area contributed by atoms with Crippen molar-refractivity contribution in [3.63, 3.8) is 0 Å². The van der Waals surface area contributed by atoms with Gasteiger partial charge in [-0.25, -0.2) is 8.42 Å². The molecular formula is C26H23NO6S. The van der Waals surface area contributed by atoms with Gasteiger partial charge < -0.3 is 10.2 Å². The Labute approximate surface area is 197 Å². The normalized spacial score (nSPS) is 16.1. The highest BCUT2D eigenvalue weighted by atomic mass is 32.2. The Morgan fingerprint density at radius 3 is 2.03 bits per heavy atom. The predicted octanol–water partition coefficient (Wildman–Crippen LogP) is 4.72. The van der Waals surface area contributed by atoms with Gasteiger partial charge in [0.2, 0.25) is 0 Å². The SMILES string of the molecule is O=C1c2ccccc2C(=O)c2c1cc(NS(=O)(=O)c1ccc(C3CCCCC3)cc1)c(O)c2O. The minimum Gasteiger partial charge on any atom is -0.504 e. The van der Waals surface area contributed by atoms with Gasteiger partial charge in [-0.05, 0) is 42.5 Å². The summed E-state index contributed by atoms with van der Waals surface area (Å²) >= 11 is 0. The fraction of sp³-hybridized carbons (Fsp3) is 0.231. The van der Waals surface area contributed by atoms with Gasteiger partial charge in [0.05, 0.1) is 16.1 Å². The van der Waals surface area contributed by atoms with E-state index in [-0.39, 0.29) is 32.8 Å². The molecule has 7 nitrogen and oxygen atoms in total. The van der Waals surface area contributed by atoms with Crippen molar-refractivity contribution >= 4 is 27.3 Å². The lowest BCUT2D eigenvalue weighted by Crippen LogP contribution is -2.22. The van der Waals surface area contributed by atoms with Crippen LogP contribution in [0.3, 0.4) is 0 Å². The maximum atomic E-state index is 13.0. The van der Waals surface area contributed by atoms with E-state index in [9.17, 15) is 28.2 Å². The highest BCUT2D eigenvalue weighted by molar-refractivity contribution is 7.92. The van der Waals surface area contributed by atoms with Crippen LogP contribution in [0.1, 0.15) is 75.4 Å². The van der Waals surface area contributed by atoms with Gasteiger partial charge in [-0.2, -0.15) is 0 Å². The zero-order valence-electron chi connectivity index (χ0n) is 18.2. The average molecular weight is 478 g/mol. The molecule has 0 aliphatic heterocycles. The second-order valence-corrected chi connectivity index (χ2v) is 10.4. The first kappa shape index (κ1) is 22.2. The Morgan fingerprint density at radius 1 is 0.765 bits per heavy atom. The third-order valence-electron chi connectivity index (χ3n) is 6.67. The molecule has 5 rings (SSSR count). The van der Waals surface area contributed by atoms with E-state index >= 15 is 0 Å². The number of fused-ring (bicyclic) bond motifs is 2. The van der Waals surface area contributed by atoms with Gasteiger partial charge in [0.1, 0.15) is 0 Å². The third-order valence-corrected chi connectivity index (χ3v) is 8.05. The molecule has 3 aromatic carbocycles. The van der Waals surface area contributed by atoms with Gasteiger partial charge in [0.15, 0.2) is 23.1 Å². The van der Waals surface area contributed by atoms with E-state index in [0.29, 0.717) is 5.92 Å². The van der Waals surface area contributed by atoms with Crippen LogP contribution in [0.2, 0.25) is 0 Å². The Bertz CT molecular complexity index is 1420. The molecule has 0 radical (unpaired) electrons. The van der Waals surface area contributed by atoms with Crippen molar-refractivity contribution in [2.24, 2.45) is 0 Å². The number of hydrogen-bond acceptors (Lipinski definition) is 6. The summed E-state index contributed by atoms with van der Waals surface area (Å²) in [6.07, 6.45) is 5.73. The second-order valence-electron chi connectivity index (χ2n) is 8.76. The summed E-state index contributed by atoms with van der Waals surface area (Å²) < 4.78 is 28.3. The highest BCUT2D eigenvalue weighted by Crippen LogP contribution is 2.43. The number of sulfonamides is 1. The third kappa shape index (κ3) is 3.64. The van der Waals surface area contributed by atoms with Crippen molar-refractivity contribution in [3.8, 4) is 11.5 Å². The smallest absolute Gasteiger partial charge is 0.262 e. The monoisotopic (exact) mass is 477 g/mol. The van der Waals surface area contributed by atoms with Crippen LogP contribution in [0.4, 0.5) is 5.69 Å². The summed E-state index contributed by atoms with van der Waals surface area (Å²) in [6, 6.07) is 13.8. The molecule has 8 heteroatoms. The first-order valence-corrected chi connectivity index (χ1v) is 12.7. The van der Waals surface area contributed by atoms with E-state index in [4.69, 9.17) is 0 Å². The zero-order chi connectivity index (χ0) is 24.0. The lowest BCUT2D eigenvalue weighted by Gasteiger charge is -2.22. The van der Waals surface area contributed by atoms with Crippen LogP contribution in [0, 0.1) is 0 Å². The summed E-state index contributed by atoms with van der Waals surface area (Å²) in [6.45, 7) is 0. The molecule has 2 aliphatic rings. The first-order valence-electron chi connectivity index (χ1n) is 11.2. The number of ketones is 2. The Morgan fingerprint density at radius 2 is 1.38 bits per heavy atom. The number of phenolic OH excluding ortho intramolecular Hbond substituents is 2. The molecule has 1 saturated carbocycles. The number of phenols is 2. The van der Waals surface area contributed by atoms with Crippen LogP contribution < -0.4 is 4.72 Å². The summed E-state index contributed by atoms with van der Waals surface area (Å²) in [7, 11) is -4.14. The van der Waals surface area contributed by atoms with Crippen molar-refractivity contribution in [2.45, 2.75) is 42.9 Å². The van der Waals surface area contributed by atoms with Crippen molar-refractivity contribution in [2.75, 3.05) is 4.72 Å². The molecule has 3 aromatic rings. The molecule has 0 unspecified atom stereocenters. The van der Waals surface area contributed by atoms with Crippen LogP contribution >= 0.6 is 0 Å². The fourth-order valence-corrected chi connectivity index (χ4v) is 5.92. The standard InChI is InChI=1S/C26H23NO6S/c28-23-18-8-4-5-9-19(18)24(29)22-20(23)14-21(25(30)26(22)31)27-34(32,33)17-12-10-16(11-13-17)15-6-2-1-3-7-15/h4-5,8-15,27,30-31H,1-3,6-7H2. The zero-order valence-corrected chi connectivity index (χ0v) is 19.1. The Balaban J connectivity index is 1.48. The van der Waals surface area contributed by atoms with E-state index in [0.717, 1.165) is 24.5 Å². The van der Waals surface area contributed by atoms with Crippen molar-refractivity contribution in [1.82, 2.24) is 0 Å². The fourth-order valence-electron chi connectivity index (χ4n) is 4.86. The van der Waals surface area contributed by atoms with Crippen LogP contribution in [0.15, 0.2) is 59.5 Å². The molecule has 0 bridgehead atoms. The van der Waals surface area contributed by atoms with E-state index in [1.165, 1.54) is 43.5 Å². The number of nitrogens with one attached hydrogen (secondary N) is 1. The number of benzene rings is 3. The van der Waals surface area contributed by atoms with Crippen molar-refractivity contribution in [3.05, 3.63) is 82.4 Å². The van der Waals surface area contributed by atoms with Crippen molar-refractivity contribution in [1.29, 1.82) is 0 Å². The highest BCUT2D eigenvalue weighted by Gasteiger charge is 2.35. The number of hydrogen-bond donors (Lipinski definition) is 3. The van der Waals surface area contributed by atoms with Crippen LogP contribution in [-0.2, 0) is 10.0 Å². The predicted molar refractivity (Wildman–Crippen MR) is 126 cm³/mol. The second kappa shape index (κ2) is 8.29. The Kier molecular flexibility index (Phi) is 5.40. The van der Waals surface area contributed by atoms with Gasteiger partial charge in [-0.15, -0.1) is 0 Å². The number of aromatic hydroxyl groups is 2. The van der Waals surface area contributed by atoms with E-state index in [2.05, 4.69) is 4.72 Å². The molecular weight excluding hydrogens is 454 g/mol. The molecule has 1 fully saturated rings. The van der Waals surface area contributed by atoms with Gasteiger partial charge >= 0.3 is 0 Å². The minimum absolute atomic E-state index is 0.0172. The van der Waals surface area contributed by atoms with E-state index < -0.39 is 33.1 Å². The Hall–Kier alpha value is -3.65. The van der Waals surface area contributed by atoms with E-state index in [1.807, 2.05) is 0 Å². The first-order chi connectivity index (χ1) is 16.3. The average Bonchev–Trinajstić information content (AvgIpc) is 2.86. The lowest BCUT2D eigenvalue weighted by atomic mass is 9.83. The number of anilines is 1. The number of rotatable bonds is 4. The maximum absolute atomic E-state index is 13.0. The van der Waals surface area contributed by atoms with Gasteiger partial charge in [0.25, 0.3) is 10.0 Å². The van der Waals surface area contributed by atoms with Crippen molar-refractivity contribution < 1.29 is 28.2 Å². The molecule has 0 spiro atoms. The molecule has 0 atom stereocenters. The number of carbonyl (C=O) groups excluding carboxylic acids is 2. The van der Waals surface area contributed by atoms with Crippen LogP contribution in [-0.4, -0.2) is 30.2 Å². The molecule has 174 valence electrons.